The van der Waals surface area contributed by atoms with E-state index >= 15 is 0 Å². The van der Waals surface area contributed by atoms with Crippen LogP contribution in [0.2, 0.25) is 0 Å². The lowest BCUT2D eigenvalue weighted by Crippen LogP contribution is -2.16. The molecule has 0 aromatic heterocycles. The van der Waals surface area contributed by atoms with Gasteiger partial charge in [0.05, 0.1) is 0 Å². The number of halogens is 1. The first kappa shape index (κ1) is 21.3. The highest BCUT2D eigenvalue weighted by Gasteiger charge is 2.19. The van der Waals surface area contributed by atoms with E-state index in [4.69, 9.17) is 19.8 Å². The Morgan fingerprint density at radius 1 is 0.964 bits per heavy atom. The van der Waals surface area contributed by atoms with Gasteiger partial charge in [0.25, 0.3) is 0 Å². The summed E-state index contributed by atoms with van der Waals surface area (Å²) in [6.45, 7) is 1.04. The Labute approximate surface area is 163 Å². The van der Waals surface area contributed by atoms with Crippen molar-refractivity contribution in [3.63, 3.8) is 0 Å². The Hall–Kier alpha value is -2.99. The summed E-state index contributed by atoms with van der Waals surface area (Å²) in [7, 11) is 4.21. The molecule has 0 saturated heterocycles. The van der Waals surface area contributed by atoms with Gasteiger partial charge >= 0.3 is 11.9 Å². The van der Waals surface area contributed by atoms with Gasteiger partial charge in [0.15, 0.2) is 0 Å². The van der Waals surface area contributed by atoms with Crippen molar-refractivity contribution in [3.05, 3.63) is 76.6 Å². The summed E-state index contributed by atoms with van der Waals surface area (Å²) in [5, 5.41) is 14.8. The average molecular weight is 385 g/mol. The van der Waals surface area contributed by atoms with Gasteiger partial charge in [-0.1, -0.05) is 42.0 Å². The number of hydrogen-bond acceptors (Lipinski definition) is 3. The fourth-order valence-electron chi connectivity index (χ4n) is 3.17. The maximum Gasteiger partial charge on any atom is 0.414 e. The second kappa shape index (κ2) is 9.80. The van der Waals surface area contributed by atoms with Crippen LogP contribution in [0.25, 0.3) is 5.57 Å². The minimum absolute atomic E-state index is 0.178. The maximum absolute atomic E-state index is 13.3. The zero-order valence-electron chi connectivity index (χ0n) is 16.0. The molecule has 0 fully saturated rings. The van der Waals surface area contributed by atoms with E-state index in [0.29, 0.717) is 0 Å². The van der Waals surface area contributed by atoms with Crippen LogP contribution in [0.5, 0.6) is 0 Å². The molecule has 0 unspecified atom stereocenters. The molecule has 0 bridgehead atoms. The van der Waals surface area contributed by atoms with Crippen LogP contribution in [-0.4, -0.2) is 47.7 Å². The monoisotopic (exact) mass is 385 g/mol. The van der Waals surface area contributed by atoms with Gasteiger partial charge in [-0.25, -0.2) is 14.0 Å². The van der Waals surface area contributed by atoms with E-state index in [1.807, 2.05) is 12.1 Å². The molecule has 2 aromatic rings. The van der Waals surface area contributed by atoms with Crippen LogP contribution in [0, 0.1) is 5.82 Å². The maximum atomic E-state index is 13.3. The molecule has 0 radical (unpaired) electrons. The van der Waals surface area contributed by atoms with E-state index < -0.39 is 11.9 Å². The van der Waals surface area contributed by atoms with Crippen molar-refractivity contribution in [2.45, 2.75) is 19.3 Å². The van der Waals surface area contributed by atoms with E-state index in [0.717, 1.165) is 31.4 Å². The van der Waals surface area contributed by atoms with E-state index in [1.54, 1.807) is 12.1 Å². The van der Waals surface area contributed by atoms with Gasteiger partial charge in [-0.15, -0.1) is 0 Å². The van der Waals surface area contributed by atoms with Gasteiger partial charge in [-0.2, -0.15) is 0 Å². The van der Waals surface area contributed by atoms with Gasteiger partial charge < -0.3 is 15.1 Å². The summed E-state index contributed by atoms with van der Waals surface area (Å²) in [6, 6.07) is 15.5. The lowest BCUT2D eigenvalue weighted by molar-refractivity contribution is -0.159. The zero-order chi connectivity index (χ0) is 20.7. The second-order valence-electron chi connectivity index (χ2n) is 6.81. The number of benzene rings is 2. The second-order valence-corrected chi connectivity index (χ2v) is 6.81. The fourth-order valence-corrected chi connectivity index (χ4v) is 3.17. The van der Waals surface area contributed by atoms with Crippen LogP contribution in [0.3, 0.4) is 0 Å². The molecular formula is C22H24FNO4. The number of carboxylic acids is 2. The van der Waals surface area contributed by atoms with Crippen LogP contribution in [0.4, 0.5) is 4.39 Å². The Kier molecular flexibility index (Phi) is 7.46. The first-order chi connectivity index (χ1) is 13.3. The number of carboxylic acid groups (broad SMARTS) is 2. The minimum atomic E-state index is -1.82. The van der Waals surface area contributed by atoms with Crippen LogP contribution in [-0.2, 0) is 16.0 Å². The lowest BCUT2D eigenvalue weighted by Gasteiger charge is -2.25. The molecule has 0 atom stereocenters. The first-order valence-electron chi connectivity index (χ1n) is 8.96. The Bertz CT molecular complexity index is 860. The van der Waals surface area contributed by atoms with Crippen molar-refractivity contribution in [2.75, 3.05) is 20.6 Å². The number of aryl methyl sites for hydroxylation is 1. The summed E-state index contributed by atoms with van der Waals surface area (Å²) >= 11 is 0. The van der Waals surface area contributed by atoms with Crippen LogP contribution >= 0.6 is 0 Å². The number of rotatable bonds is 4. The van der Waals surface area contributed by atoms with E-state index in [9.17, 15) is 4.39 Å². The van der Waals surface area contributed by atoms with Gasteiger partial charge in [-0.3, -0.25) is 0 Å². The quantitative estimate of drug-likeness (QED) is 0.785. The minimum Gasteiger partial charge on any atom is -0.473 e. The van der Waals surface area contributed by atoms with Crippen molar-refractivity contribution >= 4 is 17.5 Å². The summed E-state index contributed by atoms with van der Waals surface area (Å²) in [6.07, 6.45) is 3.26. The van der Waals surface area contributed by atoms with Crippen molar-refractivity contribution in [1.29, 1.82) is 0 Å². The summed E-state index contributed by atoms with van der Waals surface area (Å²) < 4.78 is 13.3. The smallest absolute Gasteiger partial charge is 0.414 e. The Morgan fingerprint density at radius 2 is 1.57 bits per heavy atom. The third-order valence-corrected chi connectivity index (χ3v) is 4.51. The largest absolute Gasteiger partial charge is 0.473 e. The molecular weight excluding hydrogens is 361 g/mol. The van der Waals surface area contributed by atoms with E-state index in [2.05, 4.69) is 43.3 Å². The standard InChI is InChI=1S/C20H22FN.C2H2O4/c1-22(2)14-13-17-8-7-15-5-3-4-6-19(15)20(17)16-9-11-18(21)12-10-16;3-1(4)2(5)6/h3-6,9-12H,7-8,13-14H2,1-2H3;(H,3,4)(H,5,6). The highest BCUT2D eigenvalue weighted by atomic mass is 19.1. The van der Waals surface area contributed by atoms with Gasteiger partial charge in [0.2, 0.25) is 0 Å². The molecule has 0 spiro atoms. The molecule has 2 aromatic carbocycles. The van der Waals surface area contributed by atoms with Crippen molar-refractivity contribution in [1.82, 2.24) is 4.90 Å². The number of nitrogens with zero attached hydrogens (tertiary/aromatic N) is 1. The SMILES string of the molecule is CN(C)CCC1=C(c2ccc(F)cc2)c2ccccc2CC1.O=C(O)C(=O)O. The van der Waals surface area contributed by atoms with Crippen LogP contribution < -0.4 is 0 Å². The molecule has 0 aliphatic heterocycles. The molecule has 2 N–H and O–H groups in total. The van der Waals surface area contributed by atoms with Gasteiger partial charge in [0, 0.05) is 6.54 Å². The summed E-state index contributed by atoms with van der Waals surface area (Å²) in [5.74, 6) is -3.83. The molecule has 1 aliphatic rings. The number of hydrogen-bond donors (Lipinski definition) is 2. The molecule has 0 amide bonds. The normalized spacial score (nSPS) is 12.9. The lowest BCUT2D eigenvalue weighted by atomic mass is 9.81. The third-order valence-electron chi connectivity index (χ3n) is 4.51. The Morgan fingerprint density at radius 3 is 2.14 bits per heavy atom. The van der Waals surface area contributed by atoms with Crippen LogP contribution in [0.15, 0.2) is 54.1 Å². The summed E-state index contributed by atoms with van der Waals surface area (Å²) in [4.78, 5) is 20.4. The van der Waals surface area contributed by atoms with Crippen molar-refractivity contribution in [2.24, 2.45) is 0 Å². The van der Waals surface area contributed by atoms with Gasteiger partial charge in [-0.05, 0) is 67.8 Å². The number of fused-ring (bicyclic) bond motifs is 1. The van der Waals surface area contributed by atoms with E-state index in [-0.39, 0.29) is 5.82 Å². The fraction of sp³-hybridized carbons (Fsp3) is 0.273. The molecule has 5 nitrogen and oxygen atoms in total. The van der Waals surface area contributed by atoms with E-state index in [1.165, 1.54) is 22.3 Å². The molecule has 28 heavy (non-hydrogen) atoms. The molecule has 148 valence electrons. The molecule has 3 rings (SSSR count). The predicted octanol–water partition coefficient (Wildman–Crippen LogP) is 3.68. The topological polar surface area (TPSA) is 77.8 Å². The highest BCUT2D eigenvalue weighted by molar-refractivity contribution is 6.27. The first-order valence-corrected chi connectivity index (χ1v) is 8.96. The van der Waals surface area contributed by atoms with Crippen LogP contribution in [0.1, 0.15) is 29.5 Å². The summed E-state index contributed by atoms with van der Waals surface area (Å²) in [5.41, 5.74) is 6.63. The van der Waals surface area contributed by atoms with Gasteiger partial charge in [0.1, 0.15) is 5.82 Å². The number of aliphatic carboxylic acids is 2. The average Bonchev–Trinajstić information content (AvgIpc) is 2.67. The molecule has 1 aliphatic carbocycles. The van der Waals surface area contributed by atoms with Crippen molar-refractivity contribution < 1.29 is 24.2 Å². The predicted molar refractivity (Wildman–Crippen MR) is 106 cm³/mol. The van der Waals surface area contributed by atoms with Crippen molar-refractivity contribution in [3.8, 4) is 0 Å². The molecule has 0 saturated carbocycles. The molecule has 6 heteroatoms. The highest BCUT2D eigenvalue weighted by Crippen LogP contribution is 2.37. The number of carbonyl (C=O) groups is 2. The molecule has 0 heterocycles. The zero-order valence-corrected chi connectivity index (χ0v) is 16.0. The third kappa shape index (κ3) is 5.76. The Balaban J connectivity index is 0.000000409.